The topological polar surface area (TPSA) is 89.6 Å². The van der Waals surface area contributed by atoms with Gasteiger partial charge in [-0.25, -0.2) is 0 Å². The van der Waals surface area contributed by atoms with Crippen LogP contribution in [0.3, 0.4) is 0 Å². The molecule has 0 aromatic rings. The van der Waals surface area contributed by atoms with Crippen molar-refractivity contribution < 1.29 is 19.4 Å². The van der Waals surface area contributed by atoms with E-state index in [-0.39, 0.29) is 12.4 Å². The van der Waals surface area contributed by atoms with Crippen LogP contribution in [-0.2, 0) is 14.3 Å². The molecule has 5 nitrogen and oxygen atoms in total. The van der Waals surface area contributed by atoms with Gasteiger partial charge in [0.25, 0.3) is 6.47 Å². The number of esters is 1. The Morgan fingerprint density at radius 2 is 2.20 bits per heavy atom. The van der Waals surface area contributed by atoms with Gasteiger partial charge in [0, 0.05) is 6.54 Å². The molecule has 0 bridgehead atoms. The molecule has 0 radical (unpaired) electrons. The quantitative estimate of drug-likeness (QED) is 0.396. The number of carbonyl (C=O) groups excluding carboxylic acids is 1. The number of rotatable bonds is 2. The summed E-state index contributed by atoms with van der Waals surface area (Å²) in [6.07, 6.45) is 0.316. The van der Waals surface area contributed by atoms with E-state index in [9.17, 15) is 4.79 Å². The van der Waals surface area contributed by atoms with E-state index >= 15 is 0 Å². The largest absolute Gasteiger partial charge is 0.483 e. The minimum Gasteiger partial charge on any atom is -0.483 e. The maximum atomic E-state index is 10.1. The molecule has 0 aromatic carbocycles. The molecule has 10 heavy (non-hydrogen) atoms. The third-order valence-electron chi connectivity index (χ3n) is 0.576. The molecule has 0 spiro atoms. The van der Waals surface area contributed by atoms with E-state index in [0.29, 0.717) is 13.0 Å². The zero-order valence-corrected chi connectivity index (χ0v) is 5.74. The monoisotopic (exact) mass is 149 g/mol. The van der Waals surface area contributed by atoms with Crippen molar-refractivity contribution in [2.75, 3.05) is 13.7 Å². The fourth-order valence-corrected chi connectivity index (χ4v) is 0.220. The van der Waals surface area contributed by atoms with E-state index in [4.69, 9.17) is 15.6 Å². The highest BCUT2D eigenvalue weighted by Crippen LogP contribution is 1.76. The summed E-state index contributed by atoms with van der Waals surface area (Å²) >= 11 is 0. The molecule has 3 N–H and O–H groups in total. The highest BCUT2D eigenvalue weighted by atomic mass is 16.5. The zero-order chi connectivity index (χ0) is 8.41. The van der Waals surface area contributed by atoms with Crippen LogP contribution < -0.4 is 5.73 Å². The van der Waals surface area contributed by atoms with Gasteiger partial charge in [-0.2, -0.15) is 0 Å². The normalized spacial score (nSPS) is 7.00. The molecule has 0 atom stereocenters. The van der Waals surface area contributed by atoms with Gasteiger partial charge >= 0.3 is 5.97 Å². The number of carbonyl (C=O) groups is 2. The van der Waals surface area contributed by atoms with Gasteiger partial charge in [-0.15, -0.1) is 0 Å². The number of hydrogen-bond acceptors (Lipinski definition) is 4. The van der Waals surface area contributed by atoms with Gasteiger partial charge in [0.05, 0.1) is 13.5 Å². The Morgan fingerprint density at radius 1 is 1.80 bits per heavy atom. The molecule has 0 saturated carbocycles. The van der Waals surface area contributed by atoms with Crippen molar-refractivity contribution in [3.63, 3.8) is 0 Å². The lowest BCUT2D eigenvalue weighted by molar-refractivity contribution is -0.140. The minimum atomic E-state index is -0.250. The van der Waals surface area contributed by atoms with E-state index in [1.807, 2.05) is 0 Å². The fourth-order valence-electron chi connectivity index (χ4n) is 0.220. The summed E-state index contributed by atoms with van der Waals surface area (Å²) in [5.74, 6) is -0.248. The Kier molecular flexibility index (Phi) is 12.6. The van der Waals surface area contributed by atoms with Crippen LogP contribution in [0.15, 0.2) is 0 Å². The zero-order valence-electron chi connectivity index (χ0n) is 5.74. The van der Waals surface area contributed by atoms with Crippen LogP contribution in [-0.4, -0.2) is 31.2 Å². The molecule has 0 rings (SSSR count). The van der Waals surface area contributed by atoms with Crippen LogP contribution in [0.25, 0.3) is 0 Å². The van der Waals surface area contributed by atoms with Crippen molar-refractivity contribution in [2.45, 2.75) is 6.42 Å². The number of nitrogens with two attached hydrogens (primary N) is 1. The molecule has 0 aromatic heterocycles. The second-order valence-corrected chi connectivity index (χ2v) is 1.22. The van der Waals surface area contributed by atoms with E-state index in [0.717, 1.165) is 0 Å². The molecule has 0 aliphatic heterocycles. The van der Waals surface area contributed by atoms with Crippen molar-refractivity contribution in [3.8, 4) is 0 Å². The summed E-state index contributed by atoms with van der Waals surface area (Å²) in [6, 6.07) is 0. The summed E-state index contributed by atoms with van der Waals surface area (Å²) in [7, 11) is 1.35. The maximum Gasteiger partial charge on any atom is 0.306 e. The van der Waals surface area contributed by atoms with Gasteiger partial charge in [-0.1, -0.05) is 0 Å². The Labute approximate surface area is 58.8 Å². The molecule has 0 aliphatic rings. The number of carboxylic acid groups (broad SMARTS) is 1. The van der Waals surface area contributed by atoms with Crippen molar-refractivity contribution in [2.24, 2.45) is 5.73 Å². The van der Waals surface area contributed by atoms with Gasteiger partial charge in [-0.05, 0) is 0 Å². The van der Waals surface area contributed by atoms with Gasteiger partial charge in [0.15, 0.2) is 0 Å². The first kappa shape index (κ1) is 11.7. The Bertz CT molecular complexity index is 93.6. The van der Waals surface area contributed by atoms with Crippen LogP contribution in [0.4, 0.5) is 0 Å². The van der Waals surface area contributed by atoms with Gasteiger partial charge in [0.2, 0.25) is 0 Å². The predicted molar refractivity (Wildman–Crippen MR) is 34.4 cm³/mol. The Hall–Kier alpha value is -1.10. The fraction of sp³-hybridized carbons (Fsp3) is 0.600. The molecule has 60 valence electrons. The third kappa shape index (κ3) is 15.8. The van der Waals surface area contributed by atoms with Gasteiger partial charge in [0.1, 0.15) is 0 Å². The Balaban J connectivity index is 0. The van der Waals surface area contributed by atoms with Crippen molar-refractivity contribution in [1.82, 2.24) is 0 Å². The first-order valence-electron chi connectivity index (χ1n) is 2.57. The lowest BCUT2D eigenvalue weighted by Gasteiger charge is -1.91. The van der Waals surface area contributed by atoms with E-state index < -0.39 is 0 Å². The number of hydrogen-bond donors (Lipinski definition) is 2. The van der Waals surface area contributed by atoms with Crippen molar-refractivity contribution in [1.29, 1.82) is 0 Å². The smallest absolute Gasteiger partial charge is 0.306 e. The van der Waals surface area contributed by atoms with Crippen LogP contribution >= 0.6 is 0 Å². The standard InChI is InChI=1S/C4H9NO2.CH2O2/c1-7-4(6)2-3-5;2-1-3/h2-3,5H2,1H3;1H,(H,2,3). The summed E-state index contributed by atoms with van der Waals surface area (Å²) in [6.45, 7) is 0.118. The lowest BCUT2D eigenvalue weighted by Crippen LogP contribution is -2.08. The summed E-state index contributed by atoms with van der Waals surface area (Å²) in [5, 5.41) is 6.89. The lowest BCUT2D eigenvalue weighted by atomic mass is 10.4. The van der Waals surface area contributed by atoms with Gasteiger partial charge in [-0.3, -0.25) is 9.59 Å². The van der Waals surface area contributed by atoms with Crippen molar-refractivity contribution >= 4 is 12.4 Å². The third-order valence-corrected chi connectivity index (χ3v) is 0.576. The summed E-state index contributed by atoms with van der Waals surface area (Å²) in [4.78, 5) is 18.5. The highest BCUT2D eigenvalue weighted by Gasteiger charge is 1.92. The molecule has 0 saturated heterocycles. The number of ether oxygens (including phenoxy) is 1. The van der Waals surface area contributed by atoms with Crippen LogP contribution in [0, 0.1) is 0 Å². The molecule has 0 heterocycles. The van der Waals surface area contributed by atoms with E-state index in [2.05, 4.69) is 4.74 Å². The second kappa shape index (κ2) is 10.8. The molecular formula is C5H11NO4. The molecule has 5 heteroatoms. The first-order chi connectivity index (χ1) is 4.72. The second-order valence-electron chi connectivity index (χ2n) is 1.22. The molecule has 0 amide bonds. The predicted octanol–water partition coefficient (Wildman–Crippen LogP) is -0.791. The maximum absolute atomic E-state index is 10.1. The SMILES string of the molecule is COC(=O)CCN.O=CO. The Morgan fingerprint density at radius 3 is 2.30 bits per heavy atom. The van der Waals surface area contributed by atoms with Gasteiger partial charge < -0.3 is 15.6 Å². The minimum absolute atomic E-state index is 0.248. The van der Waals surface area contributed by atoms with E-state index in [1.165, 1.54) is 7.11 Å². The molecule has 0 fully saturated rings. The van der Waals surface area contributed by atoms with Crippen LogP contribution in [0.2, 0.25) is 0 Å². The molecule has 0 aliphatic carbocycles. The highest BCUT2D eigenvalue weighted by molar-refractivity contribution is 5.69. The van der Waals surface area contributed by atoms with Crippen LogP contribution in [0.1, 0.15) is 6.42 Å². The summed E-state index contributed by atoms with van der Waals surface area (Å²) in [5.41, 5.74) is 5.00. The summed E-state index contributed by atoms with van der Waals surface area (Å²) < 4.78 is 4.27. The average Bonchev–Trinajstić information content (AvgIpc) is 1.90. The first-order valence-corrected chi connectivity index (χ1v) is 2.57. The number of methoxy groups -OCH3 is 1. The van der Waals surface area contributed by atoms with E-state index in [1.54, 1.807) is 0 Å². The molecule has 0 unspecified atom stereocenters. The van der Waals surface area contributed by atoms with Crippen molar-refractivity contribution in [3.05, 3.63) is 0 Å². The molecular weight excluding hydrogens is 138 g/mol. The van der Waals surface area contributed by atoms with Crippen LogP contribution in [0.5, 0.6) is 0 Å². The average molecular weight is 149 g/mol.